The number of piperazine rings is 1. The third kappa shape index (κ3) is 5.55. The number of pyridine rings is 2. The summed E-state index contributed by atoms with van der Waals surface area (Å²) in [4.78, 5) is 32.9. The average Bonchev–Trinajstić information content (AvgIpc) is 3.30. The number of anilines is 2. The Balaban J connectivity index is 1.25. The molecule has 1 amide bonds. The fourth-order valence-corrected chi connectivity index (χ4v) is 4.53. The molecule has 0 spiro atoms. The summed E-state index contributed by atoms with van der Waals surface area (Å²) < 4.78 is 5.45. The number of methoxy groups -OCH3 is 1. The number of hydrogen-bond acceptors (Lipinski definition) is 8. The summed E-state index contributed by atoms with van der Waals surface area (Å²) in [6, 6.07) is 12.0. The molecule has 4 heterocycles. The number of fused-ring (bicyclic) bond motifs is 1. The number of nitrogens with one attached hydrogen (secondary N) is 2. The van der Waals surface area contributed by atoms with Crippen molar-refractivity contribution in [3.05, 3.63) is 60.6 Å². The van der Waals surface area contributed by atoms with Crippen LogP contribution in [0, 0.1) is 0 Å². The van der Waals surface area contributed by atoms with Gasteiger partial charge >= 0.3 is 0 Å². The Bertz CT molecular complexity index is 1400. The van der Waals surface area contributed by atoms with Crippen LogP contribution in [0.25, 0.3) is 22.2 Å². The van der Waals surface area contributed by atoms with E-state index in [0.29, 0.717) is 30.6 Å². The van der Waals surface area contributed by atoms with Crippen LogP contribution in [0.1, 0.15) is 19.4 Å². The normalized spacial score (nSPS) is 14.6. The molecule has 10 heteroatoms. The maximum atomic E-state index is 12.3. The number of ether oxygens (including phenoxy) is 1. The Labute approximate surface area is 215 Å². The van der Waals surface area contributed by atoms with E-state index in [9.17, 15) is 9.90 Å². The number of imidazole rings is 1. The van der Waals surface area contributed by atoms with Gasteiger partial charge in [-0.15, -0.1) is 0 Å². The standard InChI is InChI=1S/C27H31N7O3/c1-27(2,36)25(35)34-12-10-33(11-13-34)17-18-6-9-29-24(14-18)32-26-30-21-5-4-19(15-22(21)31-26)20-7-8-28-16-23(20)37-3/h4-9,14-16,36H,10-13,17H2,1-3H3,(H2,29,30,31,32). The molecule has 1 aliphatic heterocycles. The lowest BCUT2D eigenvalue weighted by atomic mass is 10.1. The Kier molecular flexibility index (Phi) is 6.77. The average molecular weight is 502 g/mol. The number of benzene rings is 1. The minimum atomic E-state index is -1.34. The van der Waals surface area contributed by atoms with Gasteiger partial charge in [0.2, 0.25) is 5.95 Å². The molecule has 1 aromatic carbocycles. The van der Waals surface area contributed by atoms with Crippen LogP contribution in [-0.2, 0) is 11.3 Å². The number of carbonyl (C=O) groups excluding carboxylic acids is 1. The topological polar surface area (TPSA) is 120 Å². The maximum Gasteiger partial charge on any atom is 0.254 e. The van der Waals surface area contributed by atoms with Crippen molar-refractivity contribution in [2.24, 2.45) is 0 Å². The molecule has 1 saturated heterocycles. The summed E-state index contributed by atoms with van der Waals surface area (Å²) >= 11 is 0. The Hall–Kier alpha value is -4.02. The van der Waals surface area contributed by atoms with E-state index >= 15 is 0 Å². The zero-order valence-corrected chi connectivity index (χ0v) is 21.2. The molecule has 0 atom stereocenters. The van der Waals surface area contributed by atoms with Gasteiger partial charge in [-0.05, 0) is 55.3 Å². The summed E-state index contributed by atoms with van der Waals surface area (Å²) in [6.07, 6.45) is 5.23. The molecule has 0 unspecified atom stereocenters. The SMILES string of the molecule is COc1cnccc1-c1ccc2nc(Nc3cc(CN4CCN(C(=O)C(C)(C)O)CC4)ccn3)[nH]c2c1. The lowest BCUT2D eigenvalue weighted by molar-refractivity contribution is -0.149. The second kappa shape index (κ2) is 10.2. The van der Waals surface area contributed by atoms with E-state index in [4.69, 9.17) is 4.74 Å². The van der Waals surface area contributed by atoms with Crippen molar-refractivity contribution in [3.63, 3.8) is 0 Å². The fraction of sp³-hybridized carbons (Fsp3) is 0.333. The van der Waals surface area contributed by atoms with E-state index < -0.39 is 5.60 Å². The quantitative estimate of drug-likeness (QED) is 0.353. The highest BCUT2D eigenvalue weighted by molar-refractivity contribution is 5.85. The van der Waals surface area contributed by atoms with Crippen molar-refractivity contribution in [3.8, 4) is 16.9 Å². The van der Waals surface area contributed by atoms with E-state index in [-0.39, 0.29) is 5.91 Å². The molecule has 0 bridgehead atoms. The van der Waals surface area contributed by atoms with Gasteiger partial charge in [-0.2, -0.15) is 0 Å². The van der Waals surface area contributed by atoms with Gasteiger partial charge < -0.3 is 25.0 Å². The molecule has 1 aliphatic rings. The number of rotatable bonds is 7. The Morgan fingerprint density at radius 2 is 1.95 bits per heavy atom. The molecule has 0 saturated carbocycles. The van der Waals surface area contributed by atoms with Crippen molar-refractivity contribution in [2.45, 2.75) is 26.0 Å². The van der Waals surface area contributed by atoms with Crippen molar-refractivity contribution in [1.29, 1.82) is 0 Å². The third-order valence-electron chi connectivity index (χ3n) is 6.46. The lowest BCUT2D eigenvalue weighted by Gasteiger charge is -2.37. The van der Waals surface area contributed by atoms with Crippen molar-refractivity contribution >= 4 is 28.7 Å². The first-order valence-electron chi connectivity index (χ1n) is 12.2. The molecule has 5 rings (SSSR count). The van der Waals surface area contributed by atoms with Gasteiger partial charge in [-0.1, -0.05) is 6.07 Å². The zero-order chi connectivity index (χ0) is 26.0. The number of aliphatic hydroxyl groups is 1. The number of H-pyrrole nitrogens is 1. The first-order valence-corrected chi connectivity index (χ1v) is 12.2. The first-order chi connectivity index (χ1) is 17.8. The van der Waals surface area contributed by atoms with Crippen LogP contribution in [0.3, 0.4) is 0 Å². The number of nitrogens with zero attached hydrogens (tertiary/aromatic N) is 5. The van der Waals surface area contributed by atoms with Crippen LogP contribution >= 0.6 is 0 Å². The molecular formula is C27H31N7O3. The van der Waals surface area contributed by atoms with Gasteiger partial charge in [0, 0.05) is 50.7 Å². The number of aromatic amines is 1. The van der Waals surface area contributed by atoms with Gasteiger partial charge in [0.25, 0.3) is 5.91 Å². The number of carbonyl (C=O) groups is 1. The van der Waals surface area contributed by atoms with Crippen LogP contribution < -0.4 is 10.1 Å². The summed E-state index contributed by atoms with van der Waals surface area (Å²) in [5, 5.41) is 13.3. The lowest BCUT2D eigenvalue weighted by Crippen LogP contribution is -2.53. The van der Waals surface area contributed by atoms with E-state index in [1.807, 2.05) is 36.4 Å². The van der Waals surface area contributed by atoms with Gasteiger partial charge in [-0.3, -0.25) is 14.7 Å². The summed E-state index contributed by atoms with van der Waals surface area (Å²) in [6.45, 7) is 6.52. The molecular weight excluding hydrogens is 470 g/mol. The minimum absolute atomic E-state index is 0.222. The van der Waals surface area contributed by atoms with E-state index in [1.54, 1.807) is 30.6 Å². The van der Waals surface area contributed by atoms with Crippen molar-refractivity contribution < 1.29 is 14.6 Å². The van der Waals surface area contributed by atoms with Crippen LogP contribution in [0.4, 0.5) is 11.8 Å². The monoisotopic (exact) mass is 501 g/mol. The van der Waals surface area contributed by atoms with Gasteiger partial charge in [0.1, 0.15) is 17.2 Å². The van der Waals surface area contributed by atoms with Gasteiger partial charge in [0.15, 0.2) is 0 Å². The van der Waals surface area contributed by atoms with Gasteiger partial charge in [0.05, 0.1) is 24.3 Å². The molecule has 3 aromatic heterocycles. The number of aromatic nitrogens is 4. The van der Waals surface area contributed by atoms with Crippen LogP contribution in [0.2, 0.25) is 0 Å². The molecule has 192 valence electrons. The van der Waals surface area contributed by atoms with E-state index in [1.165, 1.54) is 13.8 Å². The Morgan fingerprint density at radius 3 is 2.70 bits per heavy atom. The number of hydrogen-bond donors (Lipinski definition) is 3. The minimum Gasteiger partial charge on any atom is -0.494 e. The zero-order valence-electron chi connectivity index (χ0n) is 21.2. The predicted molar refractivity (Wildman–Crippen MR) is 142 cm³/mol. The highest BCUT2D eigenvalue weighted by Crippen LogP contribution is 2.31. The van der Waals surface area contributed by atoms with Crippen LogP contribution in [0.5, 0.6) is 5.75 Å². The maximum absolute atomic E-state index is 12.3. The summed E-state index contributed by atoms with van der Waals surface area (Å²) in [5.74, 6) is 1.80. The van der Waals surface area contributed by atoms with E-state index in [0.717, 1.165) is 47.4 Å². The highest BCUT2D eigenvalue weighted by atomic mass is 16.5. The predicted octanol–water partition coefficient (Wildman–Crippen LogP) is 3.19. The number of amides is 1. The second-order valence-corrected chi connectivity index (χ2v) is 9.69. The summed E-state index contributed by atoms with van der Waals surface area (Å²) in [5.41, 5.74) is 3.48. The first kappa shape index (κ1) is 24.7. The molecule has 3 N–H and O–H groups in total. The molecule has 0 radical (unpaired) electrons. The van der Waals surface area contributed by atoms with E-state index in [2.05, 4.69) is 30.2 Å². The van der Waals surface area contributed by atoms with Crippen LogP contribution in [-0.4, -0.2) is 79.6 Å². The van der Waals surface area contributed by atoms with Crippen molar-refractivity contribution in [2.75, 3.05) is 38.6 Å². The fourth-order valence-electron chi connectivity index (χ4n) is 4.53. The molecule has 10 nitrogen and oxygen atoms in total. The second-order valence-electron chi connectivity index (χ2n) is 9.69. The molecule has 1 fully saturated rings. The molecule has 37 heavy (non-hydrogen) atoms. The third-order valence-corrected chi connectivity index (χ3v) is 6.46. The summed E-state index contributed by atoms with van der Waals surface area (Å²) in [7, 11) is 1.64. The molecule has 0 aliphatic carbocycles. The Morgan fingerprint density at radius 1 is 1.14 bits per heavy atom. The van der Waals surface area contributed by atoms with Crippen molar-refractivity contribution in [1.82, 2.24) is 29.7 Å². The van der Waals surface area contributed by atoms with Crippen LogP contribution in [0.15, 0.2) is 55.0 Å². The molecule has 4 aromatic rings. The highest BCUT2D eigenvalue weighted by Gasteiger charge is 2.31. The van der Waals surface area contributed by atoms with Gasteiger partial charge in [-0.25, -0.2) is 9.97 Å². The largest absolute Gasteiger partial charge is 0.494 e. The smallest absolute Gasteiger partial charge is 0.254 e.